The predicted molar refractivity (Wildman–Crippen MR) is 205 cm³/mol. The fraction of sp³-hybridized carbons (Fsp3) is 0.152. The van der Waals surface area contributed by atoms with Gasteiger partial charge in [0.25, 0.3) is 0 Å². The Morgan fingerprint density at radius 3 is 1.33 bits per heavy atom. The van der Waals surface area contributed by atoms with Crippen LogP contribution in [-0.2, 0) is 10.8 Å². The Morgan fingerprint density at radius 2 is 0.755 bits per heavy atom. The van der Waals surface area contributed by atoms with Crippen molar-refractivity contribution in [3.63, 3.8) is 0 Å². The molecule has 0 saturated heterocycles. The third kappa shape index (κ3) is 4.92. The highest BCUT2D eigenvalue weighted by atomic mass is 15.0. The predicted octanol–water partition coefficient (Wildman–Crippen LogP) is 12.0. The highest BCUT2D eigenvalue weighted by molar-refractivity contribution is 6.26. The molecule has 0 bridgehead atoms. The van der Waals surface area contributed by atoms with Crippen molar-refractivity contribution >= 4 is 32.3 Å². The maximum atomic E-state index is 5.05. The van der Waals surface area contributed by atoms with Crippen molar-refractivity contribution in [1.82, 2.24) is 15.0 Å². The number of hydrogen-bond donors (Lipinski definition) is 0. The number of rotatable bonds is 4. The van der Waals surface area contributed by atoms with E-state index in [1.54, 1.807) is 0 Å². The largest absolute Gasteiger partial charge is 0.208 e. The molecular weight excluding hydrogens is 595 g/mol. The SMILES string of the molecule is CC1(C)CC(C)(C)c2cc(-c3ccc4c5ccccc5c5ccc(-c6nc(-c7ccccc7)nc(-c7ccccc7)n6)cc5c4c3)ccc21. The molecule has 0 aliphatic heterocycles. The molecule has 0 N–H and O–H groups in total. The molecule has 3 nitrogen and oxygen atoms in total. The van der Waals surface area contributed by atoms with Gasteiger partial charge in [0.15, 0.2) is 17.5 Å². The molecule has 0 spiro atoms. The van der Waals surface area contributed by atoms with Crippen LogP contribution in [0, 0.1) is 0 Å². The van der Waals surface area contributed by atoms with Crippen LogP contribution in [0.4, 0.5) is 0 Å². The Morgan fingerprint density at radius 1 is 0.347 bits per heavy atom. The van der Waals surface area contributed by atoms with Crippen molar-refractivity contribution in [1.29, 1.82) is 0 Å². The first kappa shape index (κ1) is 29.5. The highest BCUT2D eigenvalue weighted by Crippen LogP contribution is 2.50. The molecule has 0 radical (unpaired) electrons. The number of nitrogens with zero attached hydrogens (tertiary/aromatic N) is 3. The van der Waals surface area contributed by atoms with Crippen LogP contribution >= 0.6 is 0 Å². The first-order valence-electron chi connectivity index (χ1n) is 17.2. The molecule has 236 valence electrons. The lowest BCUT2D eigenvalue weighted by atomic mass is 9.82. The monoisotopic (exact) mass is 631 g/mol. The average Bonchev–Trinajstić information content (AvgIpc) is 3.33. The number of hydrogen-bond acceptors (Lipinski definition) is 3. The van der Waals surface area contributed by atoms with Crippen LogP contribution in [0.3, 0.4) is 0 Å². The van der Waals surface area contributed by atoms with Gasteiger partial charge in [0.1, 0.15) is 0 Å². The minimum atomic E-state index is 0.144. The summed E-state index contributed by atoms with van der Waals surface area (Å²) in [6, 6.07) is 49.9. The number of benzene rings is 7. The van der Waals surface area contributed by atoms with Crippen LogP contribution in [0.5, 0.6) is 0 Å². The van der Waals surface area contributed by atoms with Gasteiger partial charge in [-0.2, -0.15) is 0 Å². The molecule has 0 amide bonds. The van der Waals surface area contributed by atoms with E-state index in [2.05, 4.69) is 131 Å². The summed E-state index contributed by atoms with van der Waals surface area (Å²) in [6.45, 7) is 9.53. The second kappa shape index (κ2) is 10.9. The van der Waals surface area contributed by atoms with Crippen molar-refractivity contribution in [2.45, 2.75) is 44.9 Å². The Kier molecular flexibility index (Phi) is 6.57. The van der Waals surface area contributed by atoms with Gasteiger partial charge in [0.05, 0.1) is 0 Å². The van der Waals surface area contributed by atoms with Crippen LogP contribution in [0.15, 0.2) is 140 Å². The maximum absolute atomic E-state index is 5.05. The summed E-state index contributed by atoms with van der Waals surface area (Å²) in [5.41, 5.74) is 8.67. The molecule has 3 heteroatoms. The van der Waals surface area contributed by atoms with Crippen LogP contribution in [-0.4, -0.2) is 15.0 Å². The molecule has 1 heterocycles. The minimum Gasteiger partial charge on any atom is -0.208 e. The molecule has 1 aromatic heterocycles. The van der Waals surface area contributed by atoms with E-state index in [0.717, 1.165) is 23.1 Å². The van der Waals surface area contributed by atoms with Crippen molar-refractivity contribution in [2.24, 2.45) is 0 Å². The molecule has 1 aliphatic carbocycles. The van der Waals surface area contributed by atoms with Crippen molar-refractivity contribution < 1.29 is 0 Å². The smallest absolute Gasteiger partial charge is 0.164 e. The van der Waals surface area contributed by atoms with Gasteiger partial charge < -0.3 is 0 Å². The molecule has 49 heavy (non-hydrogen) atoms. The number of fused-ring (bicyclic) bond motifs is 7. The molecule has 9 rings (SSSR count). The average molecular weight is 632 g/mol. The molecule has 0 fully saturated rings. The molecule has 8 aromatic rings. The van der Waals surface area contributed by atoms with Gasteiger partial charge in [-0.25, -0.2) is 15.0 Å². The fourth-order valence-electron chi connectivity index (χ4n) is 8.38. The van der Waals surface area contributed by atoms with Crippen LogP contribution in [0.1, 0.15) is 45.2 Å². The van der Waals surface area contributed by atoms with E-state index in [1.807, 2.05) is 36.4 Å². The fourth-order valence-corrected chi connectivity index (χ4v) is 8.38. The first-order valence-corrected chi connectivity index (χ1v) is 17.2. The molecule has 0 atom stereocenters. The van der Waals surface area contributed by atoms with E-state index in [-0.39, 0.29) is 10.8 Å². The van der Waals surface area contributed by atoms with Crippen LogP contribution < -0.4 is 0 Å². The maximum Gasteiger partial charge on any atom is 0.164 e. The Hall–Kier alpha value is -5.67. The summed E-state index contributed by atoms with van der Waals surface area (Å²) < 4.78 is 0. The van der Waals surface area contributed by atoms with E-state index < -0.39 is 0 Å². The summed E-state index contributed by atoms with van der Waals surface area (Å²) >= 11 is 0. The van der Waals surface area contributed by atoms with Crippen molar-refractivity contribution in [2.75, 3.05) is 0 Å². The molecular formula is C46H37N3. The van der Waals surface area contributed by atoms with E-state index in [0.29, 0.717) is 17.5 Å². The zero-order valence-electron chi connectivity index (χ0n) is 28.3. The third-order valence-electron chi connectivity index (χ3n) is 10.5. The molecule has 7 aromatic carbocycles. The van der Waals surface area contributed by atoms with Gasteiger partial charge in [0, 0.05) is 16.7 Å². The van der Waals surface area contributed by atoms with Gasteiger partial charge in [0.2, 0.25) is 0 Å². The summed E-state index contributed by atoms with van der Waals surface area (Å²) in [6.07, 6.45) is 1.16. The lowest BCUT2D eigenvalue weighted by Gasteiger charge is -2.22. The lowest BCUT2D eigenvalue weighted by molar-refractivity contribution is 0.403. The number of aromatic nitrogens is 3. The zero-order chi connectivity index (χ0) is 33.3. The van der Waals surface area contributed by atoms with Crippen molar-refractivity contribution in [3.8, 4) is 45.3 Å². The van der Waals surface area contributed by atoms with E-state index in [9.17, 15) is 0 Å². The Balaban J connectivity index is 1.27. The summed E-state index contributed by atoms with van der Waals surface area (Å²) in [5, 5.41) is 7.40. The standard InChI is InChI=1S/C46H37N3/c1-45(2)28-46(3,4)41-27-32(21-24-40(41)45)31-19-22-36-34-17-11-12-18-35(34)37-23-20-33(26-39(37)38(36)25-31)44-48-42(29-13-7-5-8-14-29)47-43(49-44)30-15-9-6-10-16-30/h5-27H,28H2,1-4H3. The first-order chi connectivity index (χ1) is 23.7. The molecule has 0 unspecified atom stereocenters. The Labute approximate surface area is 287 Å². The van der Waals surface area contributed by atoms with Crippen LogP contribution in [0.25, 0.3) is 77.6 Å². The summed E-state index contributed by atoms with van der Waals surface area (Å²) in [7, 11) is 0. The quantitative estimate of drug-likeness (QED) is 0.181. The topological polar surface area (TPSA) is 38.7 Å². The van der Waals surface area contributed by atoms with Gasteiger partial charge in [-0.15, -0.1) is 0 Å². The van der Waals surface area contributed by atoms with Gasteiger partial charge in [-0.05, 0) is 84.0 Å². The third-order valence-corrected chi connectivity index (χ3v) is 10.5. The summed E-state index contributed by atoms with van der Waals surface area (Å²) in [5.74, 6) is 1.99. The van der Waals surface area contributed by atoms with E-state index in [1.165, 1.54) is 54.6 Å². The van der Waals surface area contributed by atoms with E-state index >= 15 is 0 Å². The second-order valence-electron chi connectivity index (χ2n) is 14.8. The van der Waals surface area contributed by atoms with Gasteiger partial charge >= 0.3 is 0 Å². The van der Waals surface area contributed by atoms with Gasteiger partial charge in [-0.1, -0.05) is 155 Å². The Bertz CT molecular complexity index is 2510. The van der Waals surface area contributed by atoms with Crippen molar-refractivity contribution in [3.05, 3.63) is 151 Å². The second-order valence-corrected chi connectivity index (χ2v) is 14.8. The summed E-state index contributed by atoms with van der Waals surface area (Å²) in [4.78, 5) is 15.0. The lowest BCUT2D eigenvalue weighted by Crippen LogP contribution is -2.17. The minimum absolute atomic E-state index is 0.144. The molecule has 1 aliphatic rings. The van der Waals surface area contributed by atoms with E-state index in [4.69, 9.17) is 15.0 Å². The van der Waals surface area contributed by atoms with Crippen LogP contribution in [0.2, 0.25) is 0 Å². The zero-order valence-corrected chi connectivity index (χ0v) is 28.3. The normalized spacial score (nSPS) is 14.8. The highest BCUT2D eigenvalue weighted by Gasteiger charge is 2.41. The molecule has 0 saturated carbocycles. The van der Waals surface area contributed by atoms with Gasteiger partial charge in [-0.3, -0.25) is 0 Å².